The van der Waals surface area contributed by atoms with E-state index in [0.29, 0.717) is 11.5 Å². The molecule has 1 aromatic carbocycles. The number of carbonyl (C=O) groups is 1. The fourth-order valence-corrected chi connectivity index (χ4v) is 6.28. The van der Waals surface area contributed by atoms with Gasteiger partial charge in [-0.2, -0.15) is 0 Å². The van der Waals surface area contributed by atoms with Crippen LogP contribution < -0.4 is 0 Å². The zero-order chi connectivity index (χ0) is 17.4. The highest BCUT2D eigenvalue weighted by Gasteiger charge is 2.36. The lowest BCUT2D eigenvalue weighted by molar-refractivity contribution is -0.138. The van der Waals surface area contributed by atoms with Crippen molar-refractivity contribution in [3.05, 3.63) is 35.4 Å². The first-order valence-corrected chi connectivity index (χ1v) is 11.1. The van der Waals surface area contributed by atoms with Gasteiger partial charge in [0.2, 0.25) is 5.91 Å². The lowest BCUT2D eigenvalue weighted by Gasteiger charge is -2.38. The van der Waals surface area contributed by atoms with Gasteiger partial charge in [0.05, 0.1) is 11.5 Å². The Morgan fingerprint density at radius 3 is 2.40 bits per heavy atom. The van der Waals surface area contributed by atoms with Gasteiger partial charge in [0.15, 0.2) is 9.84 Å². The molecule has 0 aromatic heterocycles. The van der Waals surface area contributed by atoms with Crippen LogP contribution in [-0.2, 0) is 27.6 Å². The molecule has 5 nitrogen and oxygen atoms in total. The number of fused-ring (bicyclic) bond motifs is 1. The van der Waals surface area contributed by atoms with Crippen LogP contribution in [0.1, 0.15) is 30.4 Å². The Kier molecular flexibility index (Phi) is 4.58. The Bertz CT molecular complexity index is 754. The lowest BCUT2D eigenvalue weighted by atomic mass is 9.92. The Balaban J connectivity index is 1.33. The molecule has 4 rings (SSSR count). The smallest absolute Gasteiger partial charge is 0.226 e. The molecule has 3 heterocycles. The molecule has 1 amide bonds. The summed E-state index contributed by atoms with van der Waals surface area (Å²) in [6, 6.07) is 8.56. The minimum atomic E-state index is -2.84. The van der Waals surface area contributed by atoms with Gasteiger partial charge in [-0.3, -0.25) is 9.69 Å². The second-order valence-corrected chi connectivity index (χ2v) is 9.87. The molecule has 6 heteroatoms. The van der Waals surface area contributed by atoms with Crippen LogP contribution in [0.25, 0.3) is 0 Å². The average molecular weight is 362 g/mol. The molecule has 0 N–H and O–H groups in total. The van der Waals surface area contributed by atoms with Crippen molar-refractivity contribution in [2.45, 2.75) is 38.3 Å². The number of nitrogens with zero attached hydrogens (tertiary/aromatic N) is 2. The number of hydrogen-bond acceptors (Lipinski definition) is 4. The highest BCUT2D eigenvalue weighted by atomic mass is 32.2. The van der Waals surface area contributed by atoms with Gasteiger partial charge in [-0.15, -0.1) is 0 Å². The molecule has 1 aromatic rings. The van der Waals surface area contributed by atoms with E-state index in [0.717, 1.165) is 51.9 Å². The lowest BCUT2D eigenvalue weighted by Crippen LogP contribution is -2.47. The summed E-state index contributed by atoms with van der Waals surface area (Å²) in [5.41, 5.74) is 2.64. The van der Waals surface area contributed by atoms with E-state index in [9.17, 15) is 13.2 Å². The van der Waals surface area contributed by atoms with Crippen LogP contribution in [0.15, 0.2) is 24.3 Å². The number of piperidine rings is 1. The van der Waals surface area contributed by atoms with E-state index in [1.165, 1.54) is 11.1 Å². The van der Waals surface area contributed by atoms with Crippen LogP contribution in [0.4, 0.5) is 0 Å². The third-order valence-corrected chi connectivity index (χ3v) is 7.80. The molecule has 0 aliphatic carbocycles. The molecule has 1 atom stereocenters. The zero-order valence-electron chi connectivity index (χ0n) is 14.6. The molecule has 2 saturated heterocycles. The minimum Gasteiger partial charge on any atom is -0.338 e. The van der Waals surface area contributed by atoms with Gasteiger partial charge < -0.3 is 4.90 Å². The summed E-state index contributed by atoms with van der Waals surface area (Å²) < 4.78 is 23.4. The predicted octanol–water partition coefficient (Wildman–Crippen LogP) is 1.47. The van der Waals surface area contributed by atoms with Crippen molar-refractivity contribution < 1.29 is 13.2 Å². The number of carbonyl (C=O) groups excluding carboxylic acids is 1. The summed E-state index contributed by atoms with van der Waals surface area (Å²) in [7, 11) is -2.84. The van der Waals surface area contributed by atoms with Gasteiger partial charge in [0, 0.05) is 25.0 Å². The maximum Gasteiger partial charge on any atom is 0.226 e. The molecule has 136 valence electrons. The number of rotatable bonds is 2. The normalized spacial score (nSPS) is 27.2. The zero-order valence-corrected chi connectivity index (χ0v) is 15.4. The SMILES string of the molecule is O=C(C1CCN(C2CCS(=O)(=O)C2)CC1)N1CCc2ccccc2C1. The maximum atomic E-state index is 12.9. The highest BCUT2D eigenvalue weighted by Crippen LogP contribution is 2.27. The summed E-state index contributed by atoms with van der Waals surface area (Å²) in [5.74, 6) is 1.01. The summed E-state index contributed by atoms with van der Waals surface area (Å²) in [6.07, 6.45) is 3.41. The van der Waals surface area contributed by atoms with Crippen molar-refractivity contribution >= 4 is 15.7 Å². The highest BCUT2D eigenvalue weighted by molar-refractivity contribution is 7.91. The molecule has 2 fully saturated rings. The Morgan fingerprint density at radius 2 is 1.72 bits per heavy atom. The molecule has 3 aliphatic rings. The van der Waals surface area contributed by atoms with Crippen molar-refractivity contribution in [2.24, 2.45) is 5.92 Å². The summed E-state index contributed by atoms with van der Waals surface area (Å²) in [5, 5.41) is 0. The largest absolute Gasteiger partial charge is 0.338 e. The van der Waals surface area contributed by atoms with Crippen LogP contribution in [0.2, 0.25) is 0 Å². The molecule has 1 unspecified atom stereocenters. The van der Waals surface area contributed by atoms with Crippen LogP contribution >= 0.6 is 0 Å². The van der Waals surface area contributed by atoms with E-state index in [1.807, 2.05) is 11.0 Å². The monoisotopic (exact) mass is 362 g/mol. The molecule has 0 radical (unpaired) electrons. The van der Waals surface area contributed by atoms with Crippen molar-refractivity contribution in [1.29, 1.82) is 0 Å². The fourth-order valence-electron chi connectivity index (χ4n) is 4.52. The van der Waals surface area contributed by atoms with Gasteiger partial charge >= 0.3 is 0 Å². The van der Waals surface area contributed by atoms with E-state index in [1.54, 1.807) is 0 Å². The summed E-state index contributed by atoms with van der Waals surface area (Å²) >= 11 is 0. The second-order valence-electron chi connectivity index (χ2n) is 7.65. The van der Waals surface area contributed by atoms with Crippen LogP contribution in [0, 0.1) is 5.92 Å². The van der Waals surface area contributed by atoms with Gasteiger partial charge in [0.1, 0.15) is 0 Å². The maximum absolute atomic E-state index is 12.9. The fraction of sp³-hybridized carbons (Fsp3) is 0.632. The molecule has 3 aliphatic heterocycles. The van der Waals surface area contributed by atoms with Crippen LogP contribution in [0.3, 0.4) is 0 Å². The number of hydrogen-bond donors (Lipinski definition) is 0. The minimum absolute atomic E-state index is 0.0968. The average Bonchev–Trinajstić information content (AvgIpc) is 3.01. The number of likely N-dealkylation sites (tertiary alicyclic amines) is 1. The first-order chi connectivity index (χ1) is 12.0. The Morgan fingerprint density at radius 1 is 1.00 bits per heavy atom. The van der Waals surface area contributed by atoms with E-state index in [-0.39, 0.29) is 17.9 Å². The Labute approximate surface area is 149 Å². The number of benzene rings is 1. The van der Waals surface area contributed by atoms with Gasteiger partial charge in [-0.25, -0.2) is 8.42 Å². The van der Waals surface area contributed by atoms with Crippen molar-refractivity contribution in [3.8, 4) is 0 Å². The number of sulfone groups is 1. The van der Waals surface area contributed by atoms with Crippen molar-refractivity contribution in [1.82, 2.24) is 9.80 Å². The van der Waals surface area contributed by atoms with Gasteiger partial charge in [-0.05, 0) is 49.9 Å². The molecule has 0 spiro atoms. The van der Waals surface area contributed by atoms with Crippen LogP contribution in [-0.4, -0.2) is 61.3 Å². The van der Waals surface area contributed by atoms with E-state index in [2.05, 4.69) is 23.1 Å². The molecular weight excluding hydrogens is 336 g/mol. The standard InChI is InChI=1S/C19H26N2O3S/c22-19(21-11-5-15-3-1-2-4-17(15)13-21)16-6-9-20(10-7-16)18-8-12-25(23,24)14-18/h1-4,16,18H,5-14H2. The molecule has 0 bridgehead atoms. The van der Waals surface area contributed by atoms with Crippen molar-refractivity contribution in [3.63, 3.8) is 0 Å². The Hall–Kier alpha value is -1.40. The van der Waals surface area contributed by atoms with E-state index >= 15 is 0 Å². The molecule has 0 saturated carbocycles. The van der Waals surface area contributed by atoms with E-state index < -0.39 is 9.84 Å². The third-order valence-electron chi connectivity index (χ3n) is 6.05. The summed E-state index contributed by atoms with van der Waals surface area (Å²) in [6.45, 7) is 3.25. The first kappa shape index (κ1) is 17.0. The molecular formula is C19H26N2O3S. The van der Waals surface area contributed by atoms with Crippen LogP contribution in [0.5, 0.6) is 0 Å². The number of amides is 1. The summed E-state index contributed by atoms with van der Waals surface area (Å²) in [4.78, 5) is 17.2. The quantitative estimate of drug-likeness (QED) is 0.799. The third kappa shape index (κ3) is 3.60. The topological polar surface area (TPSA) is 57.7 Å². The van der Waals surface area contributed by atoms with E-state index in [4.69, 9.17) is 0 Å². The van der Waals surface area contributed by atoms with Crippen molar-refractivity contribution in [2.75, 3.05) is 31.1 Å². The molecule has 25 heavy (non-hydrogen) atoms. The predicted molar refractivity (Wildman–Crippen MR) is 96.9 cm³/mol. The van der Waals surface area contributed by atoms with Gasteiger partial charge in [0.25, 0.3) is 0 Å². The first-order valence-electron chi connectivity index (χ1n) is 9.32. The van der Waals surface area contributed by atoms with Gasteiger partial charge in [-0.1, -0.05) is 24.3 Å². The second kappa shape index (κ2) is 6.72.